The van der Waals surface area contributed by atoms with Crippen molar-refractivity contribution in [2.75, 3.05) is 13.7 Å². The minimum Gasteiger partial charge on any atom is -0.494 e. The fourth-order valence-electron chi connectivity index (χ4n) is 1.81. The van der Waals surface area contributed by atoms with Gasteiger partial charge in [0, 0.05) is 12.7 Å². The molecule has 4 nitrogen and oxygen atoms in total. The maximum absolute atomic E-state index is 12.3. The second-order valence-corrected chi connectivity index (χ2v) is 4.40. The second kappa shape index (κ2) is 6.91. The van der Waals surface area contributed by atoms with Crippen LogP contribution in [0.5, 0.6) is 5.75 Å². The SMILES string of the molecule is CCCOc1cccc(C(=O)c2ccc(COC)o2)c1. The van der Waals surface area contributed by atoms with Crippen molar-refractivity contribution < 1.29 is 18.7 Å². The van der Waals surface area contributed by atoms with Gasteiger partial charge in [-0.3, -0.25) is 4.79 Å². The number of carbonyl (C=O) groups is 1. The first kappa shape index (κ1) is 14.3. The number of benzene rings is 1. The molecule has 0 atom stereocenters. The van der Waals surface area contributed by atoms with Gasteiger partial charge < -0.3 is 13.9 Å². The Morgan fingerprint density at radius 2 is 2.10 bits per heavy atom. The predicted octanol–water partition coefficient (Wildman–Crippen LogP) is 3.45. The van der Waals surface area contributed by atoms with E-state index in [1.165, 1.54) is 0 Å². The Hall–Kier alpha value is -2.07. The van der Waals surface area contributed by atoms with Gasteiger partial charge in [0.15, 0.2) is 5.76 Å². The van der Waals surface area contributed by atoms with Crippen molar-refractivity contribution >= 4 is 5.78 Å². The van der Waals surface area contributed by atoms with E-state index in [2.05, 4.69) is 0 Å². The van der Waals surface area contributed by atoms with Crippen molar-refractivity contribution in [3.63, 3.8) is 0 Å². The Morgan fingerprint density at radius 1 is 1.25 bits per heavy atom. The number of methoxy groups -OCH3 is 1. The van der Waals surface area contributed by atoms with Crippen LogP contribution in [0.15, 0.2) is 40.8 Å². The lowest BCUT2D eigenvalue weighted by molar-refractivity contribution is 0.0999. The minimum absolute atomic E-state index is 0.158. The van der Waals surface area contributed by atoms with Gasteiger partial charge in [-0.1, -0.05) is 19.1 Å². The highest BCUT2D eigenvalue weighted by atomic mass is 16.5. The fraction of sp³-hybridized carbons (Fsp3) is 0.312. The number of ether oxygens (including phenoxy) is 2. The molecule has 0 unspecified atom stereocenters. The number of furan rings is 1. The predicted molar refractivity (Wildman–Crippen MR) is 75.1 cm³/mol. The molecule has 0 amide bonds. The maximum atomic E-state index is 12.3. The van der Waals surface area contributed by atoms with Gasteiger partial charge in [0.2, 0.25) is 5.78 Å². The quantitative estimate of drug-likeness (QED) is 0.726. The molecule has 0 spiro atoms. The first-order valence-electron chi connectivity index (χ1n) is 6.59. The van der Waals surface area contributed by atoms with E-state index in [0.717, 1.165) is 6.42 Å². The van der Waals surface area contributed by atoms with Crippen molar-refractivity contribution in [1.29, 1.82) is 0 Å². The van der Waals surface area contributed by atoms with Gasteiger partial charge >= 0.3 is 0 Å². The molecule has 2 aromatic rings. The van der Waals surface area contributed by atoms with Crippen LogP contribution >= 0.6 is 0 Å². The highest BCUT2D eigenvalue weighted by Gasteiger charge is 2.14. The van der Waals surface area contributed by atoms with Crippen LogP contribution in [-0.2, 0) is 11.3 Å². The molecule has 0 aliphatic rings. The van der Waals surface area contributed by atoms with E-state index in [1.807, 2.05) is 13.0 Å². The summed E-state index contributed by atoms with van der Waals surface area (Å²) in [6.45, 7) is 3.03. The highest BCUT2D eigenvalue weighted by Crippen LogP contribution is 2.18. The summed E-state index contributed by atoms with van der Waals surface area (Å²) < 4.78 is 15.9. The highest BCUT2D eigenvalue weighted by molar-refractivity contribution is 6.07. The third kappa shape index (κ3) is 3.48. The smallest absolute Gasteiger partial charge is 0.228 e. The zero-order chi connectivity index (χ0) is 14.4. The molecular formula is C16H18O4. The van der Waals surface area contributed by atoms with Crippen LogP contribution in [0.1, 0.15) is 35.2 Å². The van der Waals surface area contributed by atoms with Gasteiger partial charge in [-0.2, -0.15) is 0 Å². The third-order valence-corrected chi connectivity index (χ3v) is 2.74. The molecule has 1 aromatic carbocycles. The minimum atomic E-state index is -0.158. The standard InChI is InChI=1S/C16H18O4/c1-3-9-19-13-6-4-5-12(10-13)16(17)15-8-7-14(20-15)11-18-2/h4-8,10H,3,9,11H2,1-2H3. The van der Waals surface area contributed by atoms with Crippen LogP contribution in [0.2, 0.25) is 0 Å². The van der Waals surface area contributed by atoms with Crippen LogP contribution in [-0.4, -0.2) is 19.5 Å². The topological polar surface area (TPSA) is 48.7 Å². The third-order valence-electron chi connectivity index (χ3n) is 2.74. The Labute approximate surface area is 118 Å². The normalized spacial score (nSPS) is 10.5. The maximum Gasteiger partial charge on any atom is 0.228 e. The lowest BCUT2D eigenvalue weighted by atomic mass is 10.1. The summed E-state index contributed by atoms with van der Waals surface area (Å²) in [6.07, 6.45) is 0.927. The van der Waals surface area contributed by atoms with Crippen molar-refractivity contribution in [3.8, 4) is 5.75 Å². The molecule has 0 bridgehead atoms. The second-order valence-electron chi connectivity index (χ2n) is 4.40. The van der Waals surface area contributed by atoms with Gasteiger partial charge in [0.1, 0.15) is 18.1 Å². The van der Waals surface area contributed by atoms with Crippen LogP contribution < -0.4 is 4.74 Å². The molecule has 106 valence electrons. The first-order chi connectivity index (χ1) is 9.74. The van der Waals surface area contributed by atoms with E-state index in [4.69, 9.17) is 13.9 Å². The molecule has 1 aromatic heterocycles. The lowest BCUT2D eigenvalue weighted by Crippen LogP contribution is -2.01. The van der Waals surface area contributed by atoms with Crippen LogP contribution in [0.4, 0.5) is 0 Å². The summed E-state index contributed by atoms with van der Waals surface area (Å²) in [5.74, 6) is 1.48. The van der Waals surface area contributed by atoms with E-state index < -0.39 is 0 Å². The Balaban J connectivity index is 2.15. The summed E-state index contributed by atoms with van der Waals surface area (Å²) >= 11 is 0. The number of carbonyl (C=O) groups excluding carboxylic acids is 1. The van der Waals surface area contributed by atoms with Gasteiger partial charge in [-0.25, -0.2) is 0 Å². The summed E-state index contributed by atoms with van der Waals surface area (Å²) in [6, 6.07) is 10.5. The number of hydrogen-bond acceptors (Lipinski definition) is 4. The van der Waals surface area contributed by atoms with E-state index >= 15 is 0 Å². The summed E-state index contributed by atoms with van der Waals surface area (Å²) in [4.78, 5) is 12.3. The van der Waals surface area contributed by atoms with Gasteiger partial charge in [-0.15, -0.1) is 0 Å². The number of hydrogen-bond donors (Lipinski definition) is 0. The Morgan fingerprint density at radius 3 is 2.85 bits per heavy atom. The molecule has 2 rings (SSSR count). The monoisotopic (exact) mass is 274 g/mol. The molecular weight excluding hydrogens is 256 g/mol. The lowest BCUT2D eigenvalue weighted by Gasteiger charge is -2.05. The van der Waals surface area contributed by atoms with E-state index in [0.29, 0.717) is 36.0 Å². The fourth-order valence-corrected chi connectivity index (χ4v) is 1.81. The van der Waals surface area contributed by atoms with Crippen molar-refractivity contribution in [3.05, 3.63) is 53.5 Å². The molecule has 1 heterocycles. The van der Waals surface area contributed by atoms with Crippen molar-refractivity contribution in [2.45, 2.75) is 20.0 Å². The van der Waals surface area contributed by atoms with Crippen molar-refractivity contribution in [2.24, 2.45) is 0 Å². The molecule has 0 radical (unpaired) electrons. The molecule has 0 aliphatic carbocycles. The van der Waals surface area contributed by atoms with Gasteiger partial charge in [0.25, 0.3) is 0 Å². The Bertz CT molecular complexity index is 571. The molecule has 0 N–H and O–H groups in total. The average molecular weight is 274 g/mol. The molecule has 20 heavy (non-hydrogen) atoms. The first-order valence-corrected chi connectivity index (χ1v) is 6.59. The summed E-state index contributed by atoms with van der Waals surface area (Å²) in [7, 11) is 1.58. The van der Waals surface area contributed by atoms with Crippen LogP contribution in [0, 0.1) is 0 Å². The van der Waals surface area contributed by atoms with Gasteiger partial charge in [0.05, 0.1) is 6.61 Å². The molecule has 0 saturated carbocycles. The number of rotatable bonds is 7. The molecule has 0 fully saturated rings. The molecule has 0 saturated heterocycles. The van der Waals surface area contributed by atoms with Crippen molar-refractivity contribution in [1.82, 2.24) is 0 Å². The van der Waals surface area contributed by atoms with Crippen LogP contribution in [0.3, 0.4) is 0 Å². The molecule has 4 heteroatoms. The van der Waals surface area contributed by atoms with E-state index in [-0.39, 0.29) is 5.78 Å². The zero-order valence-corrected chi connectivity index (χ0v) is 11.7. The van der Waals surface area contributed by atoms with E-state index in [1.54, 1.807) is 37.4 Å². The largest absolute Gasteiger partial charge is 0.494 e. The van der Waals surface area contributed by atoms with E-state index in [9.17, 15) is 4.79 Å². The van der Waals surface area contributed by atoms with Crippen LogP contribution in [0.25, 0.3) is 0 Å². The summed E-state index contributed by atoms with van der Waals surface area (Å²) in [5.41, 5.74) is 0.553. The summed E-state index contributed by atoms with van der Waals surface area (Å²) in [5, 5.41) is 0. The zero-order valence-electron chi connectivity index (χ0n) is 11.7. The van der Waals surface area contributed by atoms with Gasteiger partial charge in [-0.05, 0) is 30.7 Å². The Kier molecular flexibility index (Phi) is 4.96. The average Bonchev–Trinajstić information content (AvgIpc) is 2.93. The molecule has 0 aliphatic heterocycles. The number of ketones is 1.